The van der Waals surface area contributed by atoms with Crippen LogP contribution in [-0.2, 0) is 13.0 Å². The van der Waals surface area contributed by atoms with Crippen molar-refractivity contribution in [1.82, 2.24) is 4.90 Å². The Morgan fingerprint density at radius 2 is 2.05 bits per heavy atom. The monoisotopic (exact) mass is 272 g/mol. The van der Waals surface area contributed by atoms with Gasteiger partial charge in [0.1, 0.15) is 0 Å². The zero-order valence-electron chi connectivity index (χ0n) is 12.8. The SMILES string of the molecule is CC1CCCC(CN)(N2CCCc3ccccc3C2)C1. The van der Waals surface area contributed by atoms with Crippen molar-refractivity contribution in [2.75, 3.05) is 13.1 Å². The lowest BCUT2D eigenvalue weighted by molar-refractivity contribution is 0.0334. The second kappa shape index (κ2) is 5.87. The van der Waals surface area contributed by atoms with Gasteiger partial charge in [0, 0.05) is 18.6 Å². The maximum absolute atomic E-state index is 6.26. The first-order valence-corrected chi connectivity index (χ1v) is 8.25. The highest BCUT2D eigenvalue weighted by atomic mass is 15.2. The van der Waals surface area contributed by atoms with Gasteiger partial charge in [0.25, 0.3) is 0 Å². The third-order valence-electron chi connectivity index (χ3n) is 5.47. The first kappa shape index (κ1) is 14.1. The smallest absolute Gasteiger partial charge is 0.0337 e. The van der Waals surface area contributed by atoms with Crippen LogP contribution in [0.15, 0.2) is 24.3 Å². The topological polar surface area (TPSA) is 29.3 Å². The van der Waals surface area contributed by atoms with Crippen LogP contribution in [-0.4, -0.2) is 23.5 Å². The lowest BCUT2D eigenvalue weighted by Crippen LogP contribution is -2.55. The Hall–Kier alpha value is -0.860. The quantitative estimate of drug-likeness (QED) is 0.894. The third-order valence-corrected chi connectivity index (χ3v) is 5.47. The van der Waals surface area contributed by atoms with E-state index in [2.05, 4.69) is 36.1 Å². The molecule has 1 fully saturated rings. The predicted octanol–water partition coefficient (Wildman–Crippen LogP) is 3.34. The molecule has 2 heteroatoms. The highest BCUT2D eigenvalue weighted by Crippen LogP contribution is 2.38. The molecule has 2 unspecified atom stereocenters. The van der Waals surface area contributed by atoms with E-state index in [4.69, 9.17) is 5.73 Å². The summed E-state index contributed by atoms with van der Waals surface area (Å²) in [7, 11) is 0. The van der Waals surface area contributed by atoms with Crippen molar-refractivity contribution in [3.05, 3.63) is 35.4 Å². The minimum atomic E-state index is 0.259. The molecule has 2 aliphatic rings. The first-order chi connectivity index (χ1) is 9.73. The van der Waals surface area contributed by atoms with E-state index < -0.39 is 0 Å². The average molecular weight is 272 g/mol. The van der Waals surface area contributed by atoms with Crippen LogP contribution in [0.4, 0.5) is 0 Å². The Labute approximate surface area is 123 Å². The van der Waals surface area contributed by atoms with Crippen molar-refractivity contribution in [2.24, 2.45) is 11.7 Å². The molecule has 0 radical (unpaired) electrons. The van der Waals surface area contributed by atoms with Crippen LogP contribution in [0.3, 0.4) is 0 Å². The Kier molecular flexibility index (Phi) is 4.13. The molecular weight excluding hydrogens is 244 g/mol. The van der Waals surface area contributed by atoms with Crippen LogP contribution in [0.2, 0.25) is 0 Å². The molecule has 20 heavy (non-hydrogen) atoms. The van der Waals surface area contributed by atoms with E-state index in [9.17, 15) is 0 Å². The largest absolute Gasteiger partial charge is 0.329 e. The molecule has 0 spiro atoms. The molecule has 0 bridgehead atoms. The van der Waals surface area contributed by atoms with Gasteiger partial charge in [0.05, 0.1) is 0 Å². The van der Waals surface area contributed by atoms with Crippen molar-refractivity contribution in [3.8, 4) is 0 Å². The van der Waals surface area contributed by atoms with Crippen LogP contribution in [0.1, 0.15) is 50.2 Å². The Bertz CT molecular complexity index is 456. The summed E-state index contributed by atoms with van der Waals surface area (Å²) in [6.45, 7) is 5.52. The summed E-state index contributed by atoms with van der Waals surface area (Å²) in [6, 6.07) is 8.97. The number of fused-ring (bicyclic) bond motifs is 1. The fourth-order valence-electron chi connectivity index (χ4n) is 4.34. The van der Waals surface area contributed by atoms with Crippen molar-refractivity contribution < 1.29 is 0 Å². The molecule has 1 aromatic carbocycles. The highest BCUT2D eigenvalue weighted by Gasteiger charge is 2.39. The van der Waals surface area contributed by atoms with Crippen LogP contribution < -0.4 is 5.73 Å². The minimum absolute atomic E-state index is 0.259. The molecule has 1 aromatic rings. The first-order valence-electron chi connectivity index (χ1n) is 8.25. The molecule has 2 atom stereocenters. The average Bonchev–Trinajstić information content (AvgIpc) is 2.69. The number of hydrogen-bond donors (Lipinski definition) is 1. The molecule has 0 amide bonds. The van der Waals surface area contributed by atoms with Crippen molar-refractivity contribution in [2.45, 2.75) is 57.5 Å². The summed E-state index contributed by atoms with van der Waals surface area (Å²) >= 11 is 0. The van der Waals surface area contributed by atoms with Gasteiger partial charge in [-0.3, -0.25) is 4.90 Å². The van der Waals surface area contributed by atoms with E-state index in [-0.39, 0.29) is 5.54 Å². The molecule has 0 saturated heterocycles. The highest BCUT2D eigenvalue weighted by molar-refractivity contribution is 5.28. The summed E-state index contributed by atoms with van der Waals surface area (Å²) in [5.74, 6) is 0.825. The molecule has 0 aromatic heterocycles. The second-order valence-electron chi connectivity index (χ2n) is 6.92. The summed E-state index contributed by atoms with van der Waals surface area (Å²) < 4.78 is 0. The van der Waals surface area contributed by atoms with Gasteiger partial charge >= 0.3 is 0 Å². The standard InChI is InChI=1S/C18H28N2/c1-15-6-4-10-18(12-15,14-19)20-11-5-9-16-7-2-3-8-17(16)13-20/h2-3,7-8,15H,4-6,9-14,19H2,1H3. The molecule has 3 rings (SSSR count). The zero-order valence-corrected chi connectivity index (χ0v) is 12.8. The molecule has 2 nitrogen and oxygen atoms in total. The van der Waals surface area contributed by atoms with Crippen molar-refractivity contribution in [1.29, 1.82) is 0 Å². The minimum Gasteiger partial charge on any atom is -0.329 e. The Balaban J connectivity index is 1.85. The molecule has 1 heterocycles. The second-order valence-corrected chi connectivity index (χ2v) is 6.92. The van der Waals surface area contributed by atoms with Gasteiger partial charge in [-0.25, -0.2) is 0 Å². The van der Waals surface area contributed by atoms with Gasteiger partial charge < -0.3 is 5.73 Å². The number of rotatable bonds is 2. The number of nitrogens with zero attached hydrogens (tertiary/aromatic N) is 1. The van der Waals surface area contributed by atoms with Gasteiger partial charge in [0.2, 0.25) is 0 Å². The van der Waals surface area contributed by atoms with Gasteiger partial charge in [-0.15, -0.1) is 0 Å². The van der Waals surface area contributed by atoms with Gasteiger partial charge in [0.15, 0.2) is 0 Å². The van der Waals surface area contributed by atoms with Gasteiger partial charge in [-0.05, 0) is 49.3 Å². The fraction of sp³-hybridized carbons (Fsp3) is 0.667. The molecule has 1 saturated carbocycles. The maximum Gasteiger partial charge on any atom is 0.0337 e. The van der Waals surface area contributed by atoms with Crippen LogP contribution in [0.5, 0.6) is 0 Å². The van der Waals surface area contributed by atoms with Crippen molar-refractivity contribution >= 4 is 0 Å². The summed E-state index contributed by atoms with van der Waals surface area (Å²) in [5.41, 5.74) is 9.59. The van der Waals surface area contributed by atoms with Gasteiger partial charge in [-0.2, -0.15) is 0 Å². The Morgan fingerprint density at radius 3 is 2.80 bits per heavy atom. The summed E-state index contributed by atoms with van der Waals surface area (Å²) in [5, 5.41) is 0. The van der Waals surface area contributed by atoms with E-state index in [1.807, 2.05) is 0 Å². The van der Waals surface area contributed by atoms with E-state index >= 15 is 0 Å². The summed E-state index contributed by atoms with van der Waals surface area (Å²) in [4.78, 5) is 2.72. The molecular formula is C18H28N2. The van der Waals surface area contributed by atoms with Gasteiger partial charge in [-0.1, -0.05) is 44.0 Å². The van der Waals surface area contributed by atoms with E-state index in [0.29, 0.717) is 0 Å². The number of hydrogen-bond acceptors (Lipinski definition) is 2. The number of benzene rings is 1. The van der Waals surface area contributed by atoms with E-state index in [1.165, 1.54) is 50.6 Å². The molecule has 1 aliphatic carbocycles. The Morgan fingerprint density at radius 1 is 1.25 bits per heavy atom. The zero-order chi connectivity index (χ0) is 14.0. The lowest BCUT2D eigenvalue weighted by atomic mass is 9.75. The van der Waals surface area contributed by atoms with E-state index in [0.717, 1.165) is 19.0 Å². The van der Waals surface area contributed by atoms with Crippen LogP contribution >= 0.6 is 0 Å². The normalized spacial score (nSPS) is 31.6. The number of aryl methyl sites for hydroxylation is 1. The number of nitrogens with two attached hydrogens (primary N) is 1. The van der Waals surface area contributed by atoms with Crippen molar-refractivity contribution in [3.63, 3.8) is 0 Å². The fourth-order valence-corrected chi connectivity index (χ4v) is 4.34. The molecule has 110 valence electrons. The predicted molar refractivity (Wildman–Crippen MR) is 84.6 cm³/mol. The van der Waals surface area contributed by atoms with E-state index in [1.54, 1.807) is 5.56 Å². The lowest BCUT2D eigenvalue weighted by Gasteiger charge is -2.47. The molecule has 2 N–H and O–H groups in total. The molecule has 1 aliphatic heterocycles. The van der Waals surface area contributed by atoms with Crippen LogP contribution in [0, 0.1) is 5.92 Å². The van der Waals surface area contributed by atoms with Crippen LogP contribution in [0.25, 0.3) is 0 Å². The maximum atomic E-state index is 6.26. The summed E-state index contributed by atoms with van der Waals surface area (Å²) in [6.07, 6.45) is 7.79. The third kappa shape index (κ3) is 2.64.